The number of pyridine rings is 1. The van der Waals surface area contributed by atoms with Gasteiger partial charge >= 0.3 is 5.69 Å². The molecule has 1 aromatic rings. The van der Waals surface area contributed by atoms with Gasteiger partial charge < -0.3 is 10.0 Å². The number of hydrogen-bond donors (Lipinski definition) is 1. The third kappa shape index (κ3) is 2.59. The molecule has 0 unspecified atom stereocenters. The first-order valence-corrected chi connectivity index (χ1v) is 6.05. The molecule has 0 spiro atoms. The van der Waals surface area contributed by atoms with Crippen LogP contribution in [0.4, 0.5) is 11.5 Å². The zero-order chi connectivity index (χ0) is 13.2. The number of aliphatic hydroxyl groups is 1. The molecule has 1 heterocycles. The average Bonchev–Trinajstić information content (AvgIpc) is 2.75. The van der Waals surface area contributed by atoms with Crippen molar-refractivity contribution in [2.45, 2.75) is 31.3 Å². The zero-order valence-electron chi connectivity index (χ0n) is 10.4. The lowest BCUT2D eigenvalue weighted by Crippen LogP contribution is -2.39. The molecule has 0 bridgehead atoms. The Morgan fingerprint density at radius 2 is 2.22 bits per heavy atom. The lowest BCUT2D eigenvalue weighted by atomic mass is 10.0. The third-order valence-electron chi connectivity index (χ3n) is 3.39. The van der Waals surface area contributed by atoms with Crippen LogP contribution in [0.2, 0.25) is 0 Å². The predicted molar refractivity (Wildman–Crippen MR) is 67.6 cm³/mol. The molecule has 1 saturated carbocycles. The van der Waals surface area contributed by atoms with Crippen LogP contribution in [0.1, 0.15) is 25.7 Å². The van der Waals surface area contributed by atoms with E-state index < -0.39 is 10.5 Å². The normalized spacial score (nSPS) is 17.7. The highest BCUT2D eigenvalue weighted by Crippen LogP contribution is 2.32. The van der Waals surface area contributed by atoms with Crippen molar-refractivity contribution in [3.63, 3.8) is 0 Å². The molecule has 2 rings (SSSR count). The molecule has 6 heteroatoms. The molecule has 1 fully saturated rings. The maximum atomic E-state index is 10.9. The Morgan fingerprint density at radius 1 is 1.56 bits per heavy atom. The van der Waals surface area contributed by atoms with Gasteiger partial charge in [0.25, 0.3) is 0 Å². The summed E-state index contributed by atoms with van der Waals surface area (Å²) in [6.07, 6.45) is 5.04. The van der Waals surface area contributed by atoms with E-state index in [9.17, 15) is 15.2 Å². The molecule has 6 nitrogen and oxygen atoms in total. The van der Waals surface area contributed by atoms with Gasteiger partial charge in [-0.15, -0.1) is 0 Å². The highest BCUT2D eigenvalue weighted by atomic mass is 16.6. The molecule has 0 amide bonds. The minimum Gasteiger partial charge on any atom is -0.388 e. The van der Waals surface area contributed by atoms with Crippen molar-refractivity contribution in [1.82, 2.24) is 4.98 Å². The van der Waals surface area contributed by atoms with Crippen LogP contribution in [0.5, 0.6) is 0 Å². The molecular formula is C12H17N3O3. The summed E-state index contributed by atoms with van der Waals surface area (Å²) >= 11 is 0. The number of anilines is 1. The quantitative estimate of drug-likeness (QED) is 0.651. The summed E-state index contributed by atoms with van der Waals surface area (Å²) in [5.74, 6) is 0.308. The molecule has 0 aromatic carbocycles. The Bertz CT molecular complexity index is 444. The van der Waals surface area contributed by atoms with E-state index in [2.05, 4.69) is 4.98 Å². The molecular weight excluding hydrogens is 234 g/mol. The van der Waals surface area contributed by atoms with Gasteiger partial charge in [0, 0.05) is 25.9 Å². The molecule has 1 N–H and O–H groups in total. The van der Waals surface area contributed by atoms with Crippen molar-refractivity contribution < 1.29 is 10.0 Å². The van der Waals surface area contributed by atoms with Gasteiger partial charge in [-0.25, -0.2) is 4.98 Å². The van der Waals surface area contributed by atoms with E-state index in [0.29, 0.717) is 12.4 Å². The van der Waals surface area contributed by atoms with Crippen LogP contribution in [0, 0.1) is 10.1 Å². The standard InChI is InChI=1S/C12H17N3O3/c1-14(9-12(16)6-2-3-7-12)11-10(15(17)18)5-4-8-13-11/h4-5,8,16H,2-3,6-7,9H2,1H3. The van der Waals surface area contributed by atoms with Crippen molar-refractivity contribution in [3.8, 4) is 0 Å². The van der Waals surface area contributed by atoms with Crippen LogP contribution in [0.3, 0.4) is 0 Å². The number of hydrogen-bond acceptors (Lipinski definition) is 5. The summed E-state index contributed by atoms with van der Waals surface area (Å²) in [7, 11) is 1.73. The van der Waals surface area contributed by atoms with Crippen molar-refractivity contribution in [2.75, 3.05) is 18.5 Å². The maximum Gasteiger partial charge on any atom is 0.311 e. The first-order chi connectivity index (χ1) is 8.52. The predicted octanol–water partition coefficient (Wildman–Crippen LogP) is 1.73. The van der Waals surface area contributed by atoms with Gasteiger partial charge in [-0.3, -0.25) is 10.1 Å². The summed E-state index contributed by atoms with van der Waals surface area (Å²) in [6, 6.07) is 2.97. The molecule has 98 valence electrons. The molecule has 1 aliphatic carbocycles. The van der Waals surface area contributed by atoms with E-state index in [4.69, 9.17) is 0 Å². The molecule has 0 radical (unpaired) electrons. The van der Waals surface area contributed by atoms with Crippen molar-refractivity contribution >= 4 is 11.5 Å². The largest absolute Gasteiger partial charge is 0.388 e. The second-order valence-corrected chi connectivity index (χ2v) is 4.89. The topological polar surface area (TPSA) is 79.5 Å². The van der Waals surface area contributed by atoms with Crippen LogP contribution in [-0.2, 0) is 0 Å². The summed E-state index contributed by atoms with van der Waals surface area (Å²) in [5.41, 5.74) is -0.762. The highest BCUT2D eigenvalue weighted by molar-refractivity contribution is 5.56. The monoisotopic (exact) mass is 251 g/mol. The van der Waals surface area contributed by atoms with Gasteiger partial charge in [0.05, 0.1) is 10.5 Å². The van der Waals surface area contributed by atoms with Gasteiger partial charge in [-0.05, 0) is 18.9 Å². The molecule has 1 aliphatic rings. The fraction of sp³-hybridized carbons (Fsp3) is 0.583. The number of nitrogens with zero attached hydrogens (tertiary/aromatic N) is 3. The number of rotatable bonds is 4. The van der Waals surface area contributed by atoms with Crippen LogP contribution in [0.25, 0.3) is 0 Å². The Labute approximate surface area is 105 Å². The minimum atomic E-state index is -0.736. The Morgan fingerprint density at radius 3 is 2.83 bits per heavy atom. The SMILES string of the molecule is CN(CC1(O)CCCC1)c1ncccc1[N+](=O)[O-]. The molecule has 0 aliphatic heterocycles. The minimum absolute atomic E-state index is 0.0263. The van der Waals surface area contributed by atoms with E-state index in [1.54, 1.807) is 18.0 Å². The van der Waals surface area contributed by atoms with Crippen molar-refractivity contribution in [1.29, 1.82) is 0 Å². The van der Waals surface area contributed by atoms with Crippen LogP contribution < -0.4 is 4.90 Å². The summed E-state index contributed by atoms with van der Waals surface area (Å²) < 4.78 is 0. The lowest BCUT2D eigenvalue weighted by molar-refractivity contribution is -0.384. The zero-order valence-corrected chi connectivity index (χ0v) is 10.4. The number of aromatic nitrogens is 1. The van der Waals surface area contributed by atoms with Gasteiger partial charge in [-0.1, -0.05) is 12.8 Å². The third-order valence-corrected chi connectivity index (χ3v) is 3.39. The first kappa shape index (κ1) is 12.8. The lowest BCUT2D eigenvalue weighted by Gasteiger charge is -2.28. The fourth-order valence-corrected chi connectivity index (χ4v) is 2.53. The fourth-order valence-electron chi connectivity index (χ4n) is 2.53. The maximum absolute atomic E-state index is 10.9. The summed E-state index contributed by atoms with van der Waals surface area (Å²) in [6.45, 7) is 0.380. The summed E-state index contributed by atoms with van der Waals surface area (Å²) in [5, 5.41) is 21.2. The molecule has 0 atom stereocenters. The Hall–Kier alpha value is -1.69. The highest BCUT2D eigenvalue weighted by Gasteiger charge is 2.33. The van der Waals surface area contributed by atoms with E-state index >= 15 is 0 Å². The molecule has 1 aromatic heterocycles. The van der Waals surface area contributed by atoms with E-state index in [0.717, 1.165) is 25.7 Å². The second-order valence-electron chi connectivity index (χ2n) is 4.89. The van der Waals surface area contributed by atoms with Gasteiger partial charge in [0.2, 0.25) is 5.82 Å². The Balaban J connectivity index is 2.18. The van der Waals surface area contributed by atoms with Gasteiger partial charge in [0.1, 0.15) is 0 Å². The second kappa shape index (κ2) is 4.89. The average molecular weight is 251 g/mol. The van der Waals surface area contributed by atoms with E-state index in [1.807, 2.05) is 0 Å². The smallest absolute Gasteiger partial charge is 0.311 e. The van der Waals surface area contributed by atoms with Crippen molar-refractivity contribution in [3.05, 3.63) is 28.4 Å². The number of nitro groups is 1. The van der Waals surface area contributed by atoms with E-state index in [-0.39, 0.29) is 5.69 Å². The first-order valence-electron chi connectivity index (χ1n) is 6.05. The van der Waals surface area contributed by atoms with Crippen LogP contribution >= 0.6 is 0 Å². The molecule has 18 heavy (non-hydrogen) atoms. The van der Waals surface area contributed by atoms with Gasteiger partial charge in [0.15, 0.2) is 0 Å². The van der Waals surface area contributed by atoms with Gasteiger partial charge in [-0.2, -0.15) is 0 Å². The van der Waals surface area contributed by atoms with Crippen LogP contribution in [0.15, 0.2) is 18.3 Å². The summed E-state index contributed by atoms with van der Waals surface area (Å²) in [4.78, 5) is 16.2. The van der Waals surface area contributed by atoms with Crippen LogP contribution in [-0.4, -0.2) is 34.2 Å². The van der Waals surface area contributed by atoms with Crippen molar-refractivity contribution in [2.24, 2.45) is 0 Å². The van der Waals surface area contributed by atoms with E-state index in [1.165, 1.54) is 12.3 Å². The number of likely N-dealkylation sites (N-methyl/N-ethyl adjacent to an activating group) is 1. The molecule has 0 saturated heterocycles. The Kier molecular flexibility index (Phi) is 3.47.